The van der Waals surface area contributed by atoms with E-state index in [1.807, 2.05) is 31.2 Å². The van der Waals surface area contributed by atoms with Crippen molar-refractivity contribution in [3.8, 4) is 5.75 Å². The standard InChI is InChI=1S/C18H16ClN3O2S2/c1-2-25-18-22-21-17(26-18)20-16(23)12-7-5-8-14(10-12)24-11-13-6-3-4-9-15(13)19/h3-10H,2,11H2,1H3,(H,20,21,23). The number of nitrogens with zero attached hydrogens (tertiary/aromatic N) is 2. The zero-order valence-electron chi connectivity index (χ0n) is 13.9. The first-order valence-corrected chi connectivity index (χ1v) is 10.1. The van der Waals surface area contributed by atoms with Gasteiger partial charge in [0.05, 0.1) is 0 Å². The summed E-state index contributed by atoms with van der Waals surface area (Å²) in [6.07, 6.45) is 0. The van der Waals surface area contributed by atoms with E-state index in [0.717, 1.165) is 15.7 Å². The second-order valence-corrected chi connectivity index (χ2v) is 8.06. The second-order valence-electron chi connectivity index (χ2n) is 5.17. The van der Waals surface area contributed by atoms with Gasteiger partial charge in [-0.15, -0.1) is 10.2 Å². The minimum absolute atomic E-state index is 0.252. The molecule has 3 rings (SSSR count). The molecule has 0 bridgehead atoms. The third kappa shape index (κ3) is 4.97. The van der Waals surface area contributed by atoms with Crippen LogP contribution in [-0.2, 0) is 6.61 Å². The van der Waals surface area contributed by atoms with Crippen molar-refractivity contribution in [3.63, 3.8) is 0 Å². The lowest BCUT2D eigenvalue weighted by Crippen LogP contribution is -2.11. The van der Waals surface area contributed by atoms with Crippen LogP contribution < -0.4 is 10.1 Å². The summed E-state index contributed by atoms with van der Waals surface area (Å²) in [6.45, 7) is 2.37. The largest absolute Gasteiger partial charge is 0.489 e. The maximum atomic E-state index is 12.4. The van der Waals surface area contributed by atoms with Crippen molar-refractivity contribution < 1.29 is 9.53 Å². The van der Waals surface area contributed by atoms with Crippen LogP contribution in [0.15, 0.2) is 52.9 Å². The fourth-order valence-electron chi connectivity index (χ4n) is 2.12. The van der Waals surface area contributed by atoms with Crippen LogP contribution in [0.4, 0.5) is 5.13 Å². The third-order valence-corrected chi connectivity index (χ3v) is 5.57. The van der Waals surface area contributed by atoms with E-state index in [2.05, 4.69) is 15.5 Å². The van der Waals surface area contributed by atoms with Gasteiger partial charge in [0, 0.05) is 16.1 Å². The van der Waals surface area contributed by atoms with Crippen LogP contribution in [0.1, 0.15) is 22.8 Å². The highest BCUT2D eigenvalue weighted by Crippen LogP contribution is 2.26. The van der Waals surface area contributed by atoms with E-state index in [9.17, 15) is 4.79 Å². The Kier molecular flexibility index (Phi) is 6.49. The molecule has 0 aliphatic carbocycles. The van der Waals surface area contributed by atoms with Gasteiger partial charge in [0.15, 0.2) is 4.34 Å². The first-order valence-electron chi connectivity index (χ1n) is 7.89. The number of anilines is 1. The summed E-state index contributed by atoms with van der Waals surface area (Å²) in [5.74, 6) is 1.25. The Morgan fingerprint density at radius 2 is 2.08 bits per heavy atom. The van der Waals surface area contributed by atoms with E-state index in [0.29, 0.717) is 28.1 Å². The number of aromatic nitrogens is 2. The molecule has 0 atom stereocenters. The number of carbonyl (C=O) groups is 1. The fourth-order valence-corrected chi connectivity index (χ4v) is 3.95. The molecule has 0 saturated heterocycles. The number of carbonyl (C=O) groups excluding carboxylic acids is 1. The number of benzene rings is 2. The third-order valence-electron chi connectivity index (χ3n) is 3.34. The molecule has 1 N–H and O–H groups in total. The van der Waals surface area contributed by atoms with Crippen molar-refractivity contribution in [2.24, 2.45) is 0 Å². The average Bonchev–Trinajstić information content (AvgIpc) is 3.08. The molecule has 3 aromatic rings. The highest BCUT2D eigenvalue weighted by molar-refractivity contribution is 8.01. The Labute approximate surface area is 164 Å². The number of hydrogen-bond donors (Lipinski definition) is 1. The minimum Gasteiger partial charge on any atom is -0.489 e. The van der Waals surface area contributed by atoms with Gasteiger partial charge < -0.3 is 4.74 Å². The lowest BCUT2D eigenvalue weighted by Gasteiger charge is -2.09. The van der Waals surface area contributed by atoms with E-state index in [1.165, 1.54) is 11.3 Å². The molecule has 0 aliphatic rings. The van der Waals surface area contributed by atoms with Crippen molar-refractivity contribution in [2.75, 3.05) is 11.1 Å². The summed E-state index contributed by atoms with van der Waals surface area (Å²) < 4.78 is 6.59. The maximum absolute atomic E-state index is 12.4. The fraction of sp³-hybridized carbons (Fsp3) is 0.167. The molecule has 5 nitrogen and oxygen atoms in total. The van der Waals surface area contributed by atoms with Crippen LogP contribution in [0.5, 0.6) is 5.75 Å². The van der Waals surface area contributed by atoms with Gasteiger partial charge in [-0.25, -0.2) is 0 Å². The molecule has 1 amide bonds. The highest BCUT2D eigenvalue weighted by Gasteiger charge is 2.11. The van der Waals surface area contributed by atoms with Crippen molar-refractivity contribution in [3.05, 3.63) is 64.7 Å². The number of rotatable bonds is 7. The van der Waals surface area contributed by atoms with Crippen LogP contribution in [0, 0.1) is 0 Å². The Morgan fingerprint density at radius 1 is 1.23 bits per heavy atom. The van der Waals surface area contributed by atoms with Gasteiger partial charge in [-0.1, -0.05) is 65.9 Å². The summed E-state index contributed by atoms with van der Waals surface area (Å²) in [6, 6.07) is 14.5. The molecule has 0 spiro atoms. The van der Waals surface area contributed by atoms with Crippen LogP contribution in [-0.4, -0.2) is 21.9 Å². The minimum atomic E-state index is -0.252. The van der Waals surface area contributed by atoms with Crippen molar-refractivity contribution >= 4 is 45.7 Å². The van der Waals surface area contributed by atoms with Gasteiger partial charge in [-0.3, -0.25) is 10.1 Å². The van der Waals surface area contributed by atoms with E-state index in [-0.39, 0.29) is 5.91 Å². The van der Waals surface area contributed by atoms with E-state index in [4.69, 9.17) is 16.3 Å². The lowest BCUT2D eigenvalue weighted by molar-refractivity contribution is 0.102. The molecule has 8 heteroatoms. The van der Waals surface area contributed by atoms with Crippen LogP contribution in [0.25, 0.3) is 0 Å². The number of hydrogen-bond acceptors (Lipinski definition) is 6. The molecule has 26 heavy (non-hydrogen) atoms. The van der Waals surface area contributed by atoms with E-state index >= 15 is 0 Å². The molecule has 0 aliphatic heterocycles. The smallest absolute Gasteiger partial charge is 0.257 e. The molecule has 1 heterocycles. The van der Waals surface area contributed by atoms with Crippen molar-refractivity contribution in [1.29, 1.82) is 0 Å². The molecule has 134 valence electrons. The average molecular weight is 406 g/mol. The van der Waals surface area contributed by atoms with E-state index in [1.54, 1.807) is 36.0 Å². The summed E-state index contributed by atoms with van der Waals surface area (Å²) in [5, 5.41) is 11.9. The number of nitrogens with one attached hydrogen (secondary N) is 1. The first-order chi connectivity index (χ1) is 12.7. The summed E-state index contributed by atoms with van der Waals surface area (Å²) in [4.78, 5) is 12.4. The number of amides is 1. The summed E-state index contributed by atoms with van der Waals surface area (Å²) in [7, 11) is 0. The van der Waals surface area contributed by atoms with Crippen molar-refractivity contribution in [1.82, 2.24) is 10.2 Å². The second kappa shape index (κ2) is 9.02. The van der Waals surface area contributed by atoms with Crippen LogP contribution in [0.2, 0.25) is 5.02 Å². The molecule has 0 fully saturated rings. The molecular formula is C18H16ClN3O2S2. The van der Waals surface area contributed by atoms with Gasteiger partial charge in [0.25, 0.3) is 5.91 Å². The van der Waals surface area contributed by atoms with Crippen LogP contribution in [0.3, 0.4) is 0 Å². The SMILES string of the molecule is CCSc1nnc(NC(=O)c2cccc(OCc3ccccc3Cl)c2)s1. The van der Waals surface area contributed by atoms with Crippen molar-refractivity contribution in [2.45, 2.75) is 17.9 Å². The number of halogens is 1. The summed E-state index contributed by atoms with van der Waals surface area (Å²) in [5.41, 5.74) is 1.38. The van der Waals surface area contributed by atoms with Gasteiger partial charge >= 0.3 is 0 Å². The number of thioether (sulfide) groups is 1. The Hall–Kier alpha value is -2.09. The molecule has 0 radical (unpaired) electrons. The Bertz CT molecular complexity index is 901. The van der Waals surface area contributed by atoms with Gasteiger partial charge in [0.2, 0.25) is 5.13 Å². The van der Waals surface area contributed by atoms with Gasteiger partial charge in [0.1, 0.15) is 12.4 Å². The molecule has 0 unspecified atom stereocenters. The molecule has 0 saturated carbocycles. The quantitative estimate of drug-likeness (QED) is 0.435. The van der Waals surface area contributed by atoms with Gasteiger partial charge in [-0.2, -0.15) is 0 Å². The van der Waals surface area contributed by atoms with Gasteiger partial charge in [-0.05, 0) is 30.0 Å². The monoisotopic (exact) mass is 405 g/mol. The molecule has 2 aromatic carbocycles. The predicted octanol–water partition coefficient (Wildman–Crippen LogP) is 5.13. The highest BCUT2D eigenvalue weighted by atomic mass is 35.5. The zero-order chi connectivity index (χ0) is 18.4. The lowest BCUT2D eigenvalue weighted by atomic mass is 10.2. The zero-order valence-corrected chi connectivity index (χ0v) is 16.3. The Morgan fingerprint density at radius 3 is 2.88 bits per heavy atom. The normalized spacial score (nSPS) is 10.5. The van der Waals surface area contributed by atoms with Crippen LogP contribution >= 0.6 is 34.7 Å². The Balaban J connectivity index is 1.64. The molecule has 1 aromatic heterocycles. The topological polar surface area (TPSA) is 64.1 Å². The molecular weight excluding hydrogens is 390 g/mol. The maximum Gasteiger partial charge on any atom is 0.257 e. The summed E-state index contributed by atoms with van der Waals surface area (Å²) >= 11 is 9.08. The predicted molar refractivity (Wildman–Crippen MR) is 106 cm³/mol. The van der Waals surface area contributed by atoms with E-state index < -0.39 is 0 Å². The first kappa shape index (κ1) is 18.7. The number of ether oxygens (including phenoxy) is 1.